The lowest BCUT2D eigenvalue weighted by Crippen LogP contribution is -2.34. The summed E-state index contributed by atoms with van der Waals surface area (Å²) in [5.41, 5.74) is 0. The summed E-state index contributed by atoms with van der Waals surface area (Å²) >= 11 is 0. The summed E-state index contributed by atoms with van der Waals surface area (Å²) in [6.45, 7) is 11.9. The van der Waals surface area contributed by atoms with E-state index in [0.29, 0.717) is 0 Å². The summed E-state index contributed by atoms with van der Waals surface area (Å²) in [7, 11) is 0. The van der Waals surface area contributed by atoms with Crippen LogP contribution in [-0.2, 0) is 0 Å². The quantitative estimate of drug-likeness (QED) is 0.500. The van der Waals surface area contributed by atoms with Crippen LogP contribution in [0.2, 0.25) is 0 Å². The van der Waals surface area contributed by atoms with Gasteiger partial charge < -0.3 is 0 Å². The van der Waals surface area contributed by atoms with Crippen LogP contribution in [-0.4, -0.2) is 0 Å². The second-order valence-corrected chi connectivity index (χ2v) is 4.49. The zero-order valence-corrected chi connectivity index (χ0v) is 8.46. The van der Waals surface area contributed by atoms with E-state index in [4.69, 9.17) is 0 Å². The van der Waals surface area contributed by atoms with Crippen LogP contribution < -0.4 is 0 Å². The normalized spacial score (nSPS) is 52.6. The predicted octanol–water partition coefficient (Wildman–Crippen LogP) is 3.38. The third-order valence-electron chi connectivity index (χ3n) is 3.92. The van der Waals surface area contributed by atoms with Gasteiger partial charge in [0.2, 0.25) is 0 Å². The van der Waals surface area contributed by atoms with Crippen LogP contribution in [0.5, 0.6) is 0 Å². The summed E-state index contributed by atoms with van der Waals surface area (Å²) in [6, 6.07) is 0. The lowest BCUT2D eigenvalue weighted by atomic mass is 9.65. The zero-order chi connectivity index (χ0) is 8.59. The van der Waals surface area contributed by atoms with Gasteiger partial charge in [-0.05, 0) is 36.0 Å². The average Bonchev–Trinajstić information content (AvgIpc) is 1.97. The fraction of sp³-hybridized carbons (Fsp3) is 0.909. The van der Waals surface area contributed by atoms with Crippen molar-refractivity contribution in [3.8, 4) is 0 Å². The van der Waals surface area contributed by atoms with Gasteiger partial charge in [-0.25, -0.2) is 0 Å². The zero-order valence-electron chi connectivity index (χ0n) is 8.46. The van der Waals surface area contributed by atoms with E-state index in [0.717, 1.165) is 29.6 Å². The topological polar surface area (TPSA) is 0 Å². The molecular formula is C11H21. The molecule has 4 atom stereocenters. The van der Waals surface area contributed by atoms with Gasteiger partial charge in [0.25, 0.3) is 0 Å². The highest BCUT2D eigenvalue weighted by molar-refractivity contribution is 4.93. The molecule has 0 heterocycles. The minimum Gasteiger partial charge on any atom is -0.0620 e. The van der Waals surface area contributed by atoms with E-state index in [2.05, 4.69) is 41.0 Å². The first-order chi connectivity index (χ1) is 5.04. The molecule has 0 saturated heterocycles. The van der Waals surface area contributed by atoms with Crippen molar-refractivity contribution < 1.29 is 0 Å². The molecule has 0 amide bonds. The second-order valence-electron chi connectivity index (χ2n) is 4.49. The molecule has 4 unspecified atom stereocenters. The Morgan fingerprint density at radius 1 is 0.636 bits per heavy atom. The van der Waals surface area contributed by atoms with Crippen molar-refractivity contribution in [2.45, 2.75) is 34.6 Å². The molecule has 0 bridgehead atoms. The van der Waals surface area contributed by atoms with Gasteiger partial charge in [-0.1, -0.05) is 34.6 Å². The number of hydrogen-bond donors (Lipinski definition) is 0. The molecule has 1 rings (SSSR count). The van der Waals surface area contributed by atoms with Crippen LogP contribution >= 0.6 is 0 Å². The summed E-state index contributed by atoms with van der Waals surface area (Å²) in [5, 5.41) is 0. The van der Waals surface area contributed by atoms with Gasteiger partial charge in [0, 0.05) is 0 Å². The van der Waals surface area contributed by atoms with E-state index < -0.39 is 0 Å². The van der Waals surface area contributed by atoms with Gasteiger partial charge in [0.15, 0.2) is 0 Å². The highest BCUT2D eigenvalue weighted by Gasteiger charge is 2.33. The Bertz CT molecular complexity index is 114. The summed E-state index contributed by atoms with van der Waals surface area (Å²) in [5.74, 6) is 4.28. The van der Waals surface area contributed by atoms with E-state index >= 15 is 0 Å². The standard InChI is InChI=1S/C11H21/c1-7-6-8(2)10(4)11(5)9(7)3/h6-11H,1-5H3. The molecule has 0 aliphatic heterocycles. The van der Waals surface area contributed by atoms with Gasteiger partial charge in [0.05, 0.1) is 0 Å². The number of hydrogen-bond acceptors (Lipinski definition) is 0. The Kier molecular flexibility index (Phi) is 2.61. The SMILES string of the molecule is CC1[CH]C(C)C(C)C(C)C1C. The molecule has 0 aromatic carbocycles. The lowest BCUT2D eigenvalue weighted by Gasteiger charge is -2.40. The molecule has 0 aromatic heterocycles. The van der Waals surface area contributed by atoms with Gasteiger partial charge in [-0.15, -0.1) is 0 Å². The van der Waals surface area contributed by atoms with E-state index in [1.807, 2.05) is 0 Å². The summed E-state index contributed by atoms with van der Waals surface area (Å²) in [4.78, 5) is 0. The van der Waals surface area contributed by atoms with E-state index in [1.54, 1.807) is 0 Å². The van der Waals surface area contributed by atoms with Crippen molar-refractivity contribution >= 4 is 0 Å². The molecule has 65 valence electrons. The maximum atomic E-state index is 2.52. The Hall–Kier alpha value is 0. The van der Waals surface area contributed by atoms with Crippen molar-refractivity contribution in [1.82, 2.24) is 0 Å². The van der Waals surface area contributed by atoms with Crippen molar-refractivity contribution in [1.29, 1.82) is 0 Å². The van der Waals surface area contributed by atoms with E-state index in [-0.39, 0.29) is 0 Å². The fourth-order valence-electron chi connectivity index (χ4n) is 2.27. The number of rotatable bonds is 0. The van der Waals surface area contributed by atoms with Crippen LogP contribution in [0.4, 0.5) is 0 Å². The Morgan fingerprint density at radius 2 is 1.00 bits per heavy atom. The highest BCUT2D eigenvalue weighted by Crippen LogP contribution is 2.40. The third kappa shape index (κ3) is 1.60. The van der Waals surface area contributed by atoms with Crippen LogP contribution in [0.15, 0.2) is 0 Å². The molecule has 1 aliphatic carbocycles. The molecule has 0 heteroatoms. The van der Waals surface area contributed by atoms with Crippen molar-refractivity contribution in [3.05, 3.63) is 6.42 Å². The third-order valence-corrected chi connectivity index (χ3v) is 3.92. The fourth-order valence-corrected chi connectivity index (χ4v) is 2.27. The molecule has 0 N–H and O–H groups in total. The molecule has 0 nitrogen and oxygen atoms in total. The molecule has 1 aliphatic rings. The Labute approximate surface area is 71.4 Å². The molecule has 0 aromatic rings. The largest absolute Gasteiger partial charge is 0.0620 e. The molecule has 1 fully saturated rings. The minimum atomic E-state index is 0.816. The molecule has 0 spiro atoms. The minimum absolute atomic E-state index is 0.816. The van der Waals surface area contributed by atoms with Crippen LogP contribution in [0.1, 0.15) is 34.6 Å². The van der Waals surface area contributed by atoms with Gasteiger partial charge >= 0.3 is 0 Å². The summed E-state index contributed by atoms with van der Waals surface area (Å²) < 4.78 is 0. The molecular weight excluding hydrogens is 132 g/mol. The molecule has 1 saturated carbocycles. The molecule has 1 radical (unpaired) electrons. The van der Waals surface area contributed by atoms with Crippen molar-refractivity contribution in [2.75, 3.05) is 0 Å². The first-order valence-corrected chi connectivity index (χ1v) is 4.89. The molecule has 11 heavy (non-hydrogen) atoms. The van der Waals surface area contributed by atoms with Crippen LogP contribution in [0.25, 0.3) is 0 Å². The lowest BCUT2D eigenvalue weighted by molar-refractivity contribution is 0.136. The van der Waals surface area contributed by atoms with Gasteiger partial charge in [-0.3, -0.25) is 0 Å². The van der Waals surface area contributed by atoms with Crippen molar-refractivity contribution in [3.63, 3.8) is 0 Å². The van der Waals surface area contributed by atoms with Gasteiger partial charge in [-0.2, -0.15) is 0 Å². The van der Waals surface area contributed by atoms with Crippen LogP contribution in [0.3, 0.4) is 0 Å². The average molecular weight is 153 g/mol. The summed E-state index contributed by atoms with van der Waals surface area (Å²) in [6.07, 6.45) is 2.52. The smallest absolute Gasteiger partial charge is 0.0324 e. The highest BCUT2D eigenvalue weighted by atomic mass is 14.4. The second kappa shape index (κ2) is 3.16. The Balaban J connectivity index is 2.63. The predicted molar refractivity (Wildman–Crippen MR) is 50.1 cm³/mol. The van der Waals surface area contributed by atoms with E-state index in [1.165, 1.54) is 0 Å². The first-order valence-electron chi connectivity index (χ1n) is 4.89. The monoisotopic (exact) mass is 153 g/mol. The van der Waals surface area contributed by atoms with E-state index in [9.17, 15) is 0 Å². The maximum Gasteiger partial charge on any atom is -0.0324 e. The van der Waals surface area contributed by atoms with Crippen LogP contribution in [0, 0.1) is 36.0 Å². The first kappa shape index (κ1) is 9.09. The van der Waals surface area contributed by atoms with Gasteiger partial charge in [0.1, 0.15) is 0 Å². The Morgan fingerprint density at radius 3 is 1.36 bits per heavy atom. The maximum absolute atomic E-state index is 2.52. The van der Waals surface area contributed by atoms with Crippen molar-refractivity contribution in [2.24, 2.45) is 29.6 Å².